The molecule has 0 aliphatic heterocycles. The van der Waals surface area contributed by atoms with E-state index in [9.17, 15) is 4.79 Å². The van der Waals surface area contributed by atoms with Crippen molar-refractivity contribution >= 4 is 11.6 Å². The fourth-order valence-corrected chi connectivity index (χ4v) is 1.77. The summed E-state index contributed by atoms with van der Waals surface area (Å²) in [6, 6.07) is 5.56. The molecule has 2 aromatic rings. The van der Waals surface area contributed by atoms with Crippen molar-refractivity contribution in [1.29, 1.82) is 0 Å². The normalized spacial score (nSPS) is 9.75. The first-order valence-electron chi connectivity index (χ1n) is 6.13. The van der Waals surface area contributed by atoms with Crippen molar-refractivity contribution in [3.05, 3.63) is 46.8 Å². The predicted octanol–water partition coefficient (Wildman–Crippen LogP) is 1.62. The van der Waals surface area contributed by atoms with E-state index in [1.54, 1.807) is 6.92 Å². The molecule has 0 unspecified atom stereocenters. The molecule has 0 spiro atoms. The zero-order valence-electron chi connectivity index (χ0n) is 11.3. The molecule has 20 heavy (non-hydrogen) atoms. The minimum absolute atomic E-state index is 0.220. The SMILES string of the molecule is Cc1ccc(C#CCO)c(NC(=O)c2cn[nH]c2C)c1. The van der Waals surface area contributed by atoms with Gasteiger partial charge in [0.2, 0.25) is 0 Å². The van der Waals surface area contributed by atoms with Crippen molar-refractivity contribution in [1.82, 2.24) is 10.2 Å². The van der Waals surface area contributed by atoms with E-state index in [0.717, 1.165) is 5.56 Å². The van der Waals surface area contributed by atoms with Gasteiger partial charge in [-0.15, -0.1) is 0 Å². The van der Waals surface area contributed by atoms with Crippen LogP contribution in [0.4, 0.5) is 5.69 Å². The molecule has 0 atom stereocenters. The van der Waals surface area contributed by atoms with Gasteiger partial charge in [-0.25, -0.2) is 0 Å². The van der Waals surface area contributed by atoms with E-state index in [2.05, 4.69) is 27.4 Å². The highest BCUT2D eigenvalue weighted by atomic mass is 16.2. The van der Waals surface area contributed by atoms with Crippen LogP contribution in [0.3, 0.4) is 0 Å². The van der Waals surface area contributed by atoms with Crippen LogP contribution >= 0.6 is 0 Å². The number of aliphatic hydroxyl groups is 1. The van der Waals surface area contributed by atoms with Crippen molar-refractivity contribution in [2.75, 3.05) is 11.9 Å². The minimum Gasteiger partial charge on any atom is -0.384 e. The number of carbonyl (C=O) groups is 1. The number of amides is 1. The van der Waals surface area contributed by atoms with Gasteiger partial charge in [-0.2, -0.15) is 5.10 Å². The Bertz CT molecular complexity index is 693. The number of carbonyl (C=O) groups excluding carboxylic acids is 1. The first-order valence-corrected chi connectivity index (χ1v) is 6.13. The van der Waals surface area contributed by atoms with Gasteiger partial charge in [0, 0.05) is 11.3 Å². The molecule has 0 aliphatic carbocycles. The van der Waals surface area contributed by atoms with Crippen molar-refractivity contribution in [2.24, 2.45) is 0 Å². The van der Waals surface area contributed by atoms with Crippen LogP contribution in [-0.2, 0) is 0 Å². The lowest BCUT2D eigenvalue weighted by molar-refractivity contribution is 0.102. The van der Waals surface area contributed by atoms with E-state index < -0.39 is 0 Å². The molecule has 0 saturated heterocycles. The summed E-state index contributed by atoms with van der Waals surface area (Å²) in [5, 5.41) is 18.1. The summed E-state index contributed by atoms with van der Waals surface area (Å²) in [5.74, 6) is 5.16. The number of aromatic nitrogens is 2. The average molecular weight is 269 g/mol. The highest BCUT2D eigenvalue weighted by Gasteiger charge is 2.12. The largest absolute Gasteiger partial charge is 0.384 e. The minimum atomic E-state index is -0.242. The Morgan fingerprint density at radius 2 is 2.25 bits per heavy atom. The molecule has 5 nitrogen and oxygen atoms in total. The molecule has 1 aromatic heterocycles. The molecule has 1 aromatic carbocycles. The standard InChI is InChI=1S/C15H15N3O2/c1-10-5-6-12(4-3-7-19)14(8-10)17-15(20)13-9-16-18-11(13)2/h5-6,8-9,19H,7H2,1-2H3,(H,16,18)(H,17,20). The van der Waals surface area contributed by atoms with Gasteiger partial charge in [0.25, 0.3) is 5.91 Å². The van der Waals surface area contributed by atoms with Crippen LogP contribution in [-0.4, -0.2) is 27.8 Å². The molecule has 1 amide bonds. The van der Waals surface area contributed by atoms with Crippen LogP contribution < -0.4 is 5.32 Å². The zero-order valence-corrected chi connectivity index (χ0v) is 11.3. The lowest BCUT2D eigenvalue weighted by Gasteiger charge is -2.08. The van der Waals surface area contributed by atoms with Gasteiger partial charge in [-0.3, -0.25) is 9.89 Å². The van der Waals surface area contributed by atoms with Gasteiger partial charge in [-0.05, 0) is 31.5 Å². The second-order valence-corrected chi connectivity index (χ2v) is 4.37. The number of nitrogens with zero attached hydrogens (tertiary/aromatic N) is 1. The fraction of sp³-hybridized carbons (Fsp3) is 0.200. The molecule has 2 rings (SSSR count). The molecule has 0 bridgehead atoms. The van der Waals surface area contributed by atoms with Gasteiger partial charge < -0.3 is 10.4 Å². The smallest absolute Gasteiger partial charge is 0.259 e. The molecule has 0 fully saturated rings. The first kappa shape index (κ1) is 13.8. The van der Waals surface area contributed by atoms with E-state index in [-0.39, 0.29) is 12.5 Å². The summed E-state index contributed by atoms with van der Waals surface area (Å²) in [7, 11) is 0. The number of nitrogens with one attached hydrogen (secondary N) is 2. The highest BCUT2D eigenvalue weighted by Crippen LogP contribution is 2.18. The quantitative estimate of drug-likeness (QED) is 0.725. The first-order chi connectivity index (χ1) is 9.61. The molecule has 0 saturated carbocycles. The maximum absolute atomic E-state index is 12.2. The Labute approximate surface area is 117 Å². The number of hydrogen-bond donors (Lipinski definition) is 3. The topological polar surface area (TPSA) is 78.0 Å². The third-order valence-corrected chi connectivity index (χ3v) is 2.80. The van der Waals surface area contributed by atoms with E-state index >= 15 is 0 Å². The average Bonchev–Trinajstić information content (AvgIpc) is 2.84. The van der Waals surface area contributed by atoms with Gasteiger partial charge in [0.1, 0.15) is 6.61 Å². The number of hydrogen-bond acceptors (Lipinski definition) is 3. The summed E-state index contributed by atoms with van der Waals surface area (Å²) in [6.07, 6.45) is 1.49. The molecule has 5 heteroatoms. The second-order valence-electron chi connectivity index (χ2n) is 4.37. The van der Waals surface area contributed by atoms with Crippen molar-refractivity contribution in [2.45, 2.75) is 13.8 Å². The van der Waals surface area contributed by atoms with Crippen LogP contribution in [0, 0.1) is 25.7 Å². The molecule has 1 heterocycles. The molecule has 0 radical (unpaired) electrons. The summed E-state index contributed by atoms with van der Waals surface area (Å²) < 4.78 is 0. The molecular weight excluding hydrogens is 254 g/mol. The van der Waals surface area contributed by atoms with Crippen LogP contribution in [0.2, 0.25) is 0 Å². The predicted molar refractivity (Wildman–Crippen MR) is 76.4 cm³/mol. The number of H-pyrrole nitrogens is 1. The zero-order chi connectivity index (χ0) is 14.5. The van der Waals surface area contributed by atoms with Crippen LogP contribution in [0.25, 0.3) is 0 Å². The van der Waals surface area contributed by atoms with Gasteiger partial charge in [-0.1, -0.05) is 17.9 Å². The lowest BCUT2D eigenvalue weighted by atomic mass is 10.1. The highest BCUT2D eigenvalue weighted by molar-refractivity contribution is 6.05. The number of aliphatic hydroxyl groups excluding tert-OH is 1. The van der Waals surface area contributed by atoms with Crippen LogP contribution in [0.1, 0.15) is 27.2 Å². The Morgan fingerprint density at radius 3 is 2.90 bits per heavy atom. The molecule has 102 valence electrons. The van der Waals surface area contributed by atoms with Gasteiger partial charge in [0.05, 0.1) is 17.4 Å². The Hall–Kier alpha value is -2.58. The van der Waals surface area contributed by atoms with Crippen LogP contribution in [0.5, 0.6) is 0 Å². The molecular formula is C15H15N3O2. The summed E-state index contributed by atoms with van der Waals surface area (Å²) >= 11 is 0. The molecule has 0 aliphatic rings. The number of rotatable bonds is 2. The molecule has 3 N–H and O–H groups in total. The van der Waals surface area contributed by atoms with Crippen LogP contribution in [0.15, 0.2) is 24.4 Å². The number of anilines is 1. The summed E-state index contributed by atoms with van der Waals surface area (Å²) in [4.78, 5) is 12.2. The maximum Gasteiger partial charge on any atom is 0.259 e. The number of aryl methyl sites for hydroxylation is 2. The fourth-order valence-electron chi connectivity index (χ4n) is 1.77. The number of benzene rings is 1. The van der Waals surface area contributed by atoms with Crippen molar-refractivity contribution in [3.63, 3.8) is 0 Å². The van der Waals surface area contributed by atoms with Gasteiger partial charge >= 0.3 is 0 Å². The van der Waals surface area contributed by atoms with E-state index in [0.29, 0.717) is 22.5 Å². The monoisotopic (exact) mass is 269 g/mol. The maximum atomic E-state index is 12.2. The number of aromatic amines is 1. The summed E-state index contributed by atoms with van der Waals surface area (Å²) in [6.45, 7) is 3.49. The van der Waals surface area contributed by atoms with Crippen molar-refractivity contribution < 1.29 is 9.90 Å². The van der Waals surface area contributed by atoms with Crippen molar-refractivity contribution in [3.8, 4) is 11.8 Å². The lowest BCUT2D eigenvalue weighted by Crippen LogP contribution is -2.13. The Kier molecular flexibility index (Phi) is 4.18. The van der Waals surface area contributed by atoms with E-state index in [1.165, 1.54) is 6.20 Å². The second kappa shape index (κ2) is 6.04. The van der Waals surface area contributed by atoms with E-state index in [1.807, 2.05) is 25.1 Å². The third-order valence-electron chi connectivity index (χ3n) is 2.80. The Balaban J connectivity index is 2.31. The van der Waals surface area contributed by atoms with Gasteiger partial charge in [0.15, 0.2) is 0 Å². The van der Waals surface area contributed by atoms with E-state index in [4.69, 9.17) is 5.11 Å². The third kappa shape index (κ3) is 3.05. The summed E-state index contributed by atoms with van der Waals surface area (Å²) in [5.41, 5.74) is 3.50. The Morgan fingerprint density at radius 1 is 1.45 bits per heavy atom.